The SMILES string of the molecule is COC(=O)C(Cc1ccc(O)cc1)NCc1cc(Br)ccc1O. The number of esters is 1. The van der Waals surface area contributed by atoms with Gasteiger partial charge in [-0.25, -0.2) is 0 Å². The molecule has 2 aromatic rings. The molecule has 0 amide bonds. The molecule has 0 aromatic heterocycles. The van der Waals surface area contributed by atoms with Crippen molar-refractivity contribution in [1.29, 1.82) is 0 Å². The fourth-order valence-corrected chi connectivity index (χ4v) is 2.59. The van der Waals surface area contributed by atoms with E-state index in [2.05, 4.69) is 21.2 Å². The molecule has 0 heterocycles. The van der Waals surface area contributed by atoms with Crippen molar-refractivity contribution < 1.29 is 19.7 Å². The summed E-state index contributed by atoms with van der Waals surface area (Å²) in [6.45, 7) is 0.323. The van der Waals surface area contributed by atoms with Gasteiger partial charge in [0.05, 0.1) is 7.11 Å². The minimum atomic E-state index is -0.553. The Morgan fingerprint density at radius 2 is 1.91 bits per heavy atom. The number of carbonyl (C=O) groups is 1. The van der Waals surface area contributed by atoms with Crippen LogP contribution in [0.15, 0.2) is 46.9 Å². The van der Waals surface area contributed by atoms with Gasteiger partial charge in [0.25, 0.3) is 0 Å². The van der Waals surface area contributed by atoms with Gasteiger partial charge in [-0.15, -0.1) is 0 Å². The summed E-state index contributed by atoms with van der Waals surface area (Å²) in [4.78, 5) is 12.0. The highest BCUT2D eigenvalue weighted by atomic mass is 79.9. The van der Waals surface area contributed by atoms with Crippen molar-refractivity contribution in [2.45, 2.75) is 19.0 Å². The van der Waals surface area contributed by atoms with E-state index >= 15 is 0 Å². The lowest BCUT2D eigenvalue weighted by Gasteiger charge is -2.17. The zero-order valence-corrected chi connectivity index (χ0v) is 14.2. The van der Waals surface area contributed by atoms with Crippen molar-refractivity contribution in [3.63, 3.8) is 0 Å². The lowest BCUT2D eigenvalue weighted by molar-refractivity contribution is -0.143. The maximum absolute atomic E-state index is 12.0. The Hall–Kier alpha value is -2.05. The van der Waals surface area contributed by atoms with Crippen LogP contribution in [0.1, 0.15) is 11.1 Å². The number of carbonyl (C=O) groups excluding carboxylic acids is 1. The van der Waals surface area contributed by atoms with Gasteiger partial charge in [0.1, 0.15) is 17.5 Å². The van der Waals surface area contributed by atoms with E-state index in [4.69, 9.17) is 4.74 Å². The Kier molecular flexibility index (Phi) is 6.01. The number of methoxy groups -OCH3 is 1. The average molecular weight is 380 g/mol. The van der Waals surface area contributed by atoms with Crippen LogP contribution in [0.25, 0.3) is 0 Å². The first-order valence-corrected chi connectivity index (χ1v) is 7.85. The third-order valence-corrected chi connectivity index (χ3v) is 3.94. The van der Waals surface area contributed by atoms with Crippen LogP contribution in [0.4, 0.5) is 0 Å². The fourth-order valence-electron chi connectivity index (χ4n) is 2.18. The number of halogens is 1. The predicted molar refractivity (Wildman–Crippen MR) is 90.3 cm³/mol. The third-order valence-electron chi connectivity index (χ3n) is 3.44. The van der Waals surface area contributed by atoms with Gasteiger partial charge in [0, 0.05) is 16.6 Å². The Bertz CT molecular complexity index is 673. The first-order valence-electron chi connectivity index (χ1n) is 7.06. The van der Waals surface area contributed by atoms with Crippen LogP contribution in [-0.4, -0.2) is 29.3 Å². The van der Waals surface area contributed by atoms with E-state index in [9.17, 15) is 15.0 Å². The van der Waals surface area contributed by atoms with Crippen LogP contribution in [-0.2, 0) is 22.5 Å². The number of aromatic hydroxyl groups is 2. The van der Waals surface area contributed by atoms with E-state index in [0.717, 1.165) is 10.0 Å². The zero-order chi connectivity index (χ0) is 16.8. The Labute approximate surface area is 143 Å². The van der Waals surface area contributed by atoms with E-state index in [-0.39, 0.29) is 17.5 Å². The molecular formula is C17H18BrNO4. The van der Waals surface area contributed by atoms with Gasteiger partial charge in [-0.1, -0.05) is 28.1 Å². The molecule has 2 aromatic carbocycles. The second-order valence-corrected chi connectivity index (χ2v) is 6.02. The van der Waals surface area contributed by atoms with Gasteiger partial charge in [-0.3, -0.25) is 10.1 Å². The molecule has 0 fully saturated rings. The molecule has 1 atom stereocenters. The number of phenolic OH excluding ortho intramolecular Hbond substituents is 2. The van der Waals surface area contributed by atoms with E-state index in [1.807, 2.05) is 0 Å². The molecule has 6 heteroatoms. The monoisotopic (exact) mass is 379 g/mol. The summed E-state index contributed by atoms with van der Waals surface area (Å²) in [6, 6.07) is 11.2. The van der Waals surface area contributed by atoms with Crippen LogP contribution in [0.3, 0.4) is 0 Å². The van der Waals surface area contributed by atoms with Crippen molar-refractivity contribution in [3.05, 3.63) is 58.1 Å². The molecule has 0 saturated carbocycles. The highest BCUT2D eigenvalue weighted by Crippen LogP contribution is 2.22. The lowest BCUT2D eigenvalue weighted by atomic mass is 10.1. The summed E-state index contributed by atoms with van der Waals surface area (Å²) >= 11 is 3.35. The van der Waals surface area contributed by atoms with Crippen LogP contribution in [0.2, 0.25) is 0 Å². The molecule has 0 aliphatic rings. The highest BCUT2D eigenvalue weighted by molar-refractivity contribution is 9.10. The Balaban J connectivity index is 2.08. The van der Waals surface area contributed by atoms with Crippen LogP contribution < -0.4 is 5.32 Å². The summed E-state index contributed by atoms with van der Waals surface area (Å²) in [5.74, 6) is -0.0445. The first kappa shape index (κ1) is 17.3. The summed E-state index contributed by atoms with van der Waals surface area (Å²) in [5.41, 5.74) is 1.57. The van der Waals surface area contributed by atoms with Crippen LogP contribution in [0.5, 0.6) is 11.5 Å². The van der Waals surface area contributed by atoms with Crippen LogP contribution in [0, 0.1) is 0 Å². The van der Waals surface area contributed by atoms with Gasteiger partial charge in [0.2, 0.25) is 0 Å². The minimum absolute atomic E-state index is 0.161. The molecule has 1 unspecified atom stereocenters. The number of phenols is 2. The number of hydrogen-bond acceptors (Lipinski definition) is 5. The Morgan fingerprint density at radius 1 is 1.22 bits per heavy atom. The van der Waals surface area contributed by atoms with Gasteiger partial charge in [-0.05, 0) is 42.3 Å². The highest BCUT2D eigenvalue weighted by Gasteiger charge is 2.19. The third kappa shape index (κ3) is 4.97. The predicted octanol–water partition coefficient (Wildman–Crippen LogP) is 2.73. The number of ether oxygens (including phenoxy) is 1. The summed E-state index contributed by atoms with van der Waals surface area (Å²) < 4.78 is 5.68. The van der Waals surface area contributed by atoms with Crippen molar-refractivity contribution in [3.8, 4) is 11.5 Å². The van der Waals surface area contributed by atoms with Crippen molar-refractivity contribution >= 4 is 21.9 Å². The van der Waals surface area contributed by atoms with E-state index in [0.29, 0.717) is 18.5 Å². The second kappa shape index (κ2) is 7.99. The summed E-state index contributed by atoms with van der Waals surface area (Å²) in [6.07, 6.45) is 0.418. The number of nitrogens with one attached hydrogen (secondary N) is 1. The molecule has 0 saturated heterocycles. The standard InChI is InChI=1S/C17H18BrNO4/c1-23-17(22)15(8-11-2-5-14(20)6-3-11)19-10-12-9-13(18)4-7-16(12)21/h2-7,9,15,19-21H,8,10H2,1H3. The van der Waals surface area contributed by atoms with Crippen molar-refractivity contribution in [2.75, 3.05) is 7.11 Å². The second-order valence-electron chi connectivity index (χ2n) is 5.10. The smallest absolute Gasteiger partial charge is 0.323 e. The summed E-state index contributed by atoms with van der Waals surface area (Å²) in [5, 5.41) is 22.3. The van der Waals surface area contributed by atoms with Gasteiger partial charge < -0.3 is 14.9 Å². The van der Waals surface area contributed by atoms with Crippen molar-refractivity contribution in [1.82, 2.24) is 5.32 Å². The average Bonchev–Trinajstić information content (AvgIpc) is 2.55. The maximum Gasteiger partial charge on any atom is 0.323 e. The molecule has 3 N–H and O–H groups in total. The minimum Gasteiger partial charge on any atom is -0.508 e. The normalized spacial score (nSPS) is 11.9. The number of hydrogen-bond donors (Lipinski definition) is 3. The topological polar surface area (TPSA) is 78.8 Å². The van der Waals surface area contributed by atoms with E-state index < -0.39 is 6.04 Å². The van der Waals surface area contributed by atoms with Gasteiger partial charge in [0.15, 0.2) is 0 Å². The largest absolute Gasteiger partial charge is 0.508 e. The zero-order valence-electron chi connectivity index (χ0n) is 12.6. The number of rotatable bonds is 6. The molecule has 0 radical (unpaired) electrons. The molecule has 0 bridgehead atoms. The van der Waals surface area contributed by atoms with Gasteiger partial charge in [-0.2, -0.15) is 0 Å². The molecular weight excluding hydrogens is 362 g/mol. The molecule has 0 aliphatic carbocycles. The number of benzene rings is 2. The quantitative estimate of drug-likeness (QED) is 0.672. The molecule has 5 nitrogen and oxygen atoms in total. The molecule has 0 aliphatic heterocycles. The van der Waals surface area contributed by atoms with Crippen molar-refractivity contribution in [2.24, 2.45) is 0 Å². The van der Waals surface area contributed by atoms with Crippen LogP contribution >= 0.6 is 15.9 Å². The maximum atomic E-state index is 12.0. The molecule has 23 heavy (non-hydrogen) atoms. The van der Waals surface area contributed by atoms with Gasteiger partial charge >= 0.3 is 5.97 Å². The molecule has 0 spiro atoms. The van der Waals surface area contributed by atoms with E-state index in [1.54, 1.807) is 42.5 Å². The summed E-state index contributed by atoms with van der Waals surface area (Å²) in [7, 11) is 1.34. The first-order chi connectivity index (χ1) is 11.0. The fraction of sp³-hybridized carbons (Fsp3) is 0.235. The lowest BCUT2D eigenvalue weighted by Crippen LogP contribution is -2.39. The van der Waals surface area contributed by atoms with E-state index in [1.165, 1.54) is 7.11 Å². The molecule has 122 valence electrons. The molecule has 2 rings (SSSR count). The Morgan fingerprint density at radius 3 is 2.57 bits per heavy atom.